The summed E-state index contributed by atoms with van der Waals surface area (Å²) in [4.78, 5) is 49.5. The number of allylic oxidation sites excluding steroid dienone is 2. The van der Waals surface area contributed by atoms with Crippen LogP contribution in [0.4, 0.5) is 4.39 Å². The van der Waals surface area contributed by atoms with Gasteiger partial charge in [-0.3, -0.25) is 19.2 Å². The number of primary amides is 1. The van der Waals surface area contributed by atoms with Gasteiger partial charge in [-0.25, -0.2) is 4.39 Å². The van der Waals surface area contributed by atoms with E-state index in [1.165, 1.54) is 24.3 Å². The number of amides is 1. The molecule has 0 saturated heterocycles. The lowest BCUT2D eigenvalue weighted by molar-refractivity contribution is -0.144. The van der Waals surface area contributed by atoms with Gasteiger partial charge in [0.25, 0.3) is 5.91 Å². The summed E-state index contributed by atoms with van der Waals surface area (Å²) in [5.41, 5.74) is 2.34. The van der Waals surface area contributed by atoms with Gasteiger partial charge in [0.05, 0.1) is 11.1 Å². The van der Waals surface area contributed by atoms with Crippen LogP contribution in [0.1, 0.15) is 39.1 Å². The van der Waals surface area contributed by atoms with Crippen molar-refractivity contribution >= 4 is 23.8 Å². The number of hydrogen-bond acceptors (Lipinski definition) is 8. The first-order valence-corrected chi connectivity index (χ1v) is 11.1. The summed E-state index contributed by atoms with van der Waals surface area (Å²) in [7, 11) is 0. The number of benzene rings is 2. The van der Waals surface area contributed by atoms with Crippen molar-refractivity contribution in [3.8, 4) is 16.9 Å². The van der Waals surface area contributed by atoms with Gasteiger partial charge in [0.2, 0.25) is 5.78 Å². The Morgan fingerprint density at radius 1 is 1.11 bits per heavy atom. The first kappa shape index (κ1) is 23.4. The van der Waals surface area contributed by atoms with Crippen LogP contribution in [-0.4, -0.2) is 49.8 Å². The molecular weight excluding hydrogens is 473 g/mol. The molecule has 0 radical (unpaired) electrons. The van der Waals surface area contributed by atoms with Crippen LogP contribution in [0.5, 0.6) is 5.75 Å². The number of rotatable bonds is 3. The molecule has 1 amide bonds. The molecule has 0 aromatic heterocycles. The smallest absolute Gasteiger partial charge is 0.255 e. The SMILES string of the molecule is NC(=O)C1=C(O)C[C@@H]2C[C@@H]3Cc4c(-c5ccc(F)c(C=O)c5)ccc(O)c4C(=O)C3=C(O)[C@]2(O)C1=O. The average Bonchev–Trinajstić information content (AvgIpc) is 2.82. The molecule has 3 atom stereocenters. The Morgan fingerprint density at radius 3 is 2.50 bits per heavy atom. The van der Waals surface area contributed by atoms with Gasteiger partial charge in [-0.1, -0.05) is 12.1 Å². The zero-order valence-electron chi connectivity index (χ0n) is 18.6. The molecule has 9 nitrogen and oxygen atoms in total. The number of halogens is 1. The number of Topliss-reactive ketones (excluding diaryl/α,β-unsaturated/α-hetero) is 2. The van der Waals surface area contributed by atoms with Gasteiger partial charge >= 0.3 is 0 Å². The number of phenolic OH excluding ortho intramolecular Hbond substituents is 1. The molecule has 184 valence electrons. The van der Waals surface area contributed by atoms with E-state index in [0.717, 1.165) is 6.07 Å². The Bertz CT molecular complexity index is 1470. The molecule has 6 N–H and O–H groups in total. The Balaban J connectivity index is 1.69. The number of aliphatic hydroxyl groups excluding tert-OH is 2. The van der Waals surface area contributed by atoms with Crippen LogP contribution in [0.2, 0.25) is 0 Å². The lowest BCUT2D eigenvalue weighted by Gasteiger charge is -2.45. The maximum Gasteiger partial charge on any atom is 0.255 e. The lowest BCUT2D eigenvalue weighted by Crippen LogP contribution is -2.57. The summed E-state index contributed by atoms with van der Waals surface area (Å²) in [6.07, 6.45) is 0.105. The van der Waals surface area contributed by atoms with Crippen LogP contribution < -0.4 is 5.73 Å². The van der Waals surface area contributed by atoms with Crippen molar-refractivity contribution in [3.05, 3.63) is 75.5 Å². The zero-order valence-corrected chi connectivity index (χ0v) is 18.6. The lowest BCUT2D eigenvalue weighted by atomic mass is 9.60. The van der Waals surface area contributed by atoms with Gasteiger partial charge < -0.3 is 26.2 Å². The van der Waals surface area contributed by atoms with E-state index in [9.17, 15) is 44.0 Å². The molecule has 0 heterocycles. The molecule has 0 unspecified atom stereocenters. The normalized spacial score (nSPS) is 25.3. The molecule has 2 aromatic carbocycles. The maximum atomic E-state index is 13.9. The van der Waals surface area contributed by atoms with Gasteiger partial charge in [-0.05, 0) is 53.6 Å². The third kappa shape index (κ3) is 3.04. The highest BCUT2D eigenvalue weighted by Crippen LogP contribution is 2.52. The number of phenols is 1. The number of aliphatic hydroxyl groups is 3. The van der Waals surface area contributed by atoms with Crippen molar-refractivity contribution in [2.75, 3.05) is 0 Å². The van der Waals surface area contributed by atoms with E-state index in [2.05, 4.69) is 0 Å². The fourth-order valence-corrected chi connectivity index (χ4v) is 5.69. The molecular formula is C26H20FNO8. The number of aromatic hydroxyl groups is 1. The topological polar surface area (TPSA) is 175 Å². The summed E-state index contributed by atoms with van der Waals surface area (Å²) >= 11 is 0. The molecule has 0 bridgehead atoms. The third-order valence-electron chi connectivity index (χ3n) is 7.38. The fourth-order valence-electron chi connectivity index (χ4n) is 5.69. The predicted molar refractivity (Wildman–Crippen MR) is 122 cm³/mol. The van der Waals surface area contributed by atoms with E-state index in [1.54, 1.807) is 0 Å². The molecule has 0 spiro atoms. The number of aldehydes is 1. The second-order valence-corrected chi connectivity index (χ2v) is 9.25. The highest BCUT2D eigenvalue weighted by molar-refractivity contribution is 6.24. The molecule has 36 heavy (non-hydrogen) atoms. The van der Waals surface area contributed by atoms with Gasteiger partial charge in [0.15, 0.2) is 17.7 Å². The Hall–Kier alpha value is -4.31. The van der Waals surface area contributed by atoms with Crippen LogP contribution in [-0.2, 0) is 16.0 Å². The van der Waals surface area contributed by atoms with E-state index in [1.807, 2.05) is 0 Å². The molecule has 0 fully saturated rings. The van der Waals surface area contributed by atoms with Gasteiger partial charge in [-0.2, -0.15) is 0 Å². The fraction of sp³-hybridized carbons (Fsp3) is 0.231. The minimum atomic E-state index is -2.64. The highest BCUT2D eigenvalue weighted by atomic mass is 19.1. The van der Waals surface area contributed by atoms with Crippen molar-refractivity contribution in [3.63, 3.8) is 0 Å². The van der Waals surface area contributed by atoms with E-state index in [4.69, 9.17) is 5.73 Å². The van der Waals surface area contributed by atoms with Crippen LogP contribution in [0.25, 0.3) is 11.1 Å². The summed E-state index contributed by atoms with van der Waals surface area (Å²) in [5.74, 6) is -7.83. The first-order valence-electron chi connectivity index (χ1n) is 11.1. The Labute approximate surface area is 203 Å². The maximum absolute atomic E-state index is 13.9. The summed E-state index contributed by atoms with van der Waals surface area (Å²) in [6, 6.07) is 6.62. The molecule has 10 heteroatoms. The number of carbonyl (C=O) groups excluding carboxylic acids is 4. The molecule has 3 aliphatic carbocycles. The number of nitrogens with two attached hydrogens (primary N) is 1. The van der Waals surface area contributed by atoms with Gasteiger partial charge in [0, 0.05) is 17.9 Å². The molecule has 5 rings (SSSR count). The highest BCUT2D eigenvalue weighted by Gasteiger charge is 2.59. The minimum absolute atomic E-state index is 0.0129. The number of carbonyl (C=O) groups is 4. The predicted octanol–water partition coefficient (Wildman–Crippen LogP) is 2.20. The monoisotopic (exact) mass is 493 g/mol. The van der Waals surface area contributed by atoms with E-state index >= 15 is 0 Å². The van der Waals surface area contributed by atoms with Crippen LogP contribution in [0, 0.1) is 17.7 Å². The van der Waals surface area contributed by atoms with Crippen molar-refractivity contribution in [1.82, 2.24) is 0 Å². The number of hydrogen-bond donors (Lipinski definition) is 5. The second-order valence-electron chi connectivity index (χ2n) is 9.25. The third-order valence-corrected chi connectivity index (χ3v) is 7.38. The minimum Gasteiger partial charge on any atom is -0.511 e. The first-order chi connectivity index (χ1) is 17.0. The van der Waals surface area contributed by atoms with Gasteiger partial charge in [-0.15, -0.1) is 0 Å². The summed E-state index contributed by atoms with van der Waals surface area (Å²) < 4.78 is 13.9. The standard InChI is InChI=1S/C26H20FNO8/c27-16-3-1-10(5-12(16)9-29)14-2-4-17(30)20-15(14)7-11-6-13-8-18(31)21(25(28)35)24(34)26(13,36)23(33)19(11)22(20)32/h1-5,9,11,13,30-31,33,36H,6-8H2,(H2,28,35)/t11-,13+,26+/m1/s1. The second kappa shape index (κ2) is 7.85. The van der Waals surface area contributed by atoms with Gasteiger partial charge in [0.1, 0.15) is 28.7 Å². The molecule has 2 aromatic rings. The molecule has 3 aliphatic rings. The van der Waals surface area contributed by atoms with Crippen LogP contribution in [0.15, 0.2) is 53.0 Å². The average molecular weight is 493 g/mol. The van der Waals surface area contributed by atoms with E-state index in [0.29, 0.717) is 23.0 Å². The largest absolute Gasteiger partial charge is 0.511 e. The van der Waals surface area contributed by atoms with Crippen molar-refractivity contribution < 1.29 is 44.0 Å². The Morgan fingerprint density at radius 2 is 1.83 bits per heavy atom. The summed E-state index contributed by atoms with van der Waals surface area (Å²) in [6.45, 7) is 0. The number of fused-ring (bicyclic) bond motifs is 3. The Kier molecular flexibility index (Phi) is 5.11. The van der Waals surface area contributed by atoms with E-state index < -0.39 is 63.6 Å². The number of ketones is 2. The van der Waals surface area contributed by atoms with Crippen molar-refractivity contribution in [2.24, 2.45) is 17.6 Å². The quantitative estimate of drug-likeness (QED) is 0.319. The van der Waals surface area contributed by atoms with Crippen LogP contribution >= 0.6 is 0 Å². The molecule has 0 saturated carbocycles. The summed E-state index contributed by atoms with van der Waals surface area (Å²) in [5, 5.41) is 43.1. The van der Waals surface area contributed by atoms with Crippen molar-refractivity contribution in [2.45, 2.75) is 24.9 Å². The van der Waals surface area contributed by atoms with E-state index in [-0.39, 0.29) is 36.0 Å². The molecule has 0 aliphatic heterocycles. The van der Waals surface area contributed by atoms with Crippen LogP contribution in [0.3, 0.4) is 0 Å². The van der Waals surface area contributed by atoms with Crippen molar-refractivity contribution in [1.29, 1.82) is 0 Å². The zero-order chi connectivity index (χ0) is 26.1.